The van der Waals surface area contributed by atoms with E-state index in [9.17, 15) is 5.11 Å². The first-order valence-electron chi connectivity index (χ1n) is 8.31. The zero-order chi connectivity index (χ0) is 17.5. The second-order valence-corrected chi connectivity index (χ2v) is 8.40. The maximum Gasteiger partial charge on any atom is 0.0720 e. The number of thioether (sulfide) groups is 2. The first kappa shape index (κ1) is 19.4. The second-order valence-electron chi connectivity index (χ2n) is 6.10. The SMILES string of the molecule is Cc1cc(C)n(CCSCC(O)CSCCn2nc(C)cc2C)n1. The summed E-state index contributed by atoms with van der Waals surface area (Å²) in [5.74, 6) is 3.53. The van der Waals surface area contributed by atoms with Gasteiger partial charge < -0.3 is 5.11 Å². The molecule has 2 rings (SSSR count). The number of aliphatic hydroxyl groups excluding tert-OH is 1. The summed E-state index contributed by atoms with van der Waals surface area (Å²) in [6, 6.07) is 4.19. The Labute approximate surface area is 153 Å². The van der Waals surface area contributed by atoms with Crippen molar-refractivity contribution in [3.8, 4) is 0 Å². The first-order valence-corrected chi connectivity index (χ1v) is 10.6. The summed E-state index contributed by atoms with van der Waals surface area (Å²) in [6.45, 7) is 10.0. The van der Waals surface area contributed by atoms with Crippen LogP contribution in [0.4, 0.5) is 0 Å². The van der Waals surface area contributed by atoms with E-state index in [1.54, 1.807) is 23.5 Å². The van der Waals surface area contributed by atoms with Gasteiger partial charge in [-0.1, -0.05) is 0 Å². The third kappa shape index (κ3) is 6.18. The average Bonchev–Trinajstić information content (AvgIpc) is 3.01. The summed E-state index contributed by atoms with van der Waals surface area (Å²) < 4.78 is 4.08. The molecule has 0 amide bonds. The molecule has 0 saturated heterocycles. The van der Waals surface area contributed by atoms with Crippen molar-refractivity contribution in [3.63, 3.8) is 0 Å². The predicted octanol–water partition coefficient (Wildman–Crippen LogP) is 2.84. The molecule has 0 unspecified atom stereocenters. The average molecular weight is 369 g/mol. The summed E-state index contributed by atoms with van der Waals surface area (Å²) in [4.78, 5) is 0. The Morgan fingerprint density at radius 2 is 1.29 bits per heavy atom. The van der Waals surface area contributed by atoms with Gasteiger partial charge >= 0.3 is 0 Å². The topological polar surface area (TPSA) is 55.9 Å². The van der Waals surface area contributed by atoms with Gasteiger partial charge in [0.2, 0.25) is 0 Å². The van der Waals surface area contributed by atoms with Crippen molar-refractivity contribution in [1.29, 1.82) is 0 Å². The van der Waals surface area contributed by atoms with E-state index in [1.807, 2.05) is 23.2 Å². The van der Waals surface area contributed by atoms with Crippen LogP contribution < -0.4 is 0 Å². The molecule has 0 aliphatic heterocycles. The highest BCUT2D eigenvalue weighted by atomic mass is 32.2. The molecular formula is C17H28N4OS2. The molecule has 24 heavy (non-hydrogen) atoms. The second kappa shape index (κ2) is 9.53. The van der Waals surface area contributed by atoms with Gasteiger partial charge in [0.05, 0.1) is 30.6 Å². The van der Waals surface area contributed by atoms with Crippen molar-refractivity contribution >= 4 is 23.5 Å². The van der Waals surface area contributed by atoms with Gasteiger partial charge in [-0.15, -0.1) is 0 Å². The smallest absolute Gasteiger partial charge is 0.0720 e. The third-order valence-corrected chi connectivity index (χ3v) is 5.91. The Morgan fingerprint density at radius 3 is 1.62 bits per heavy atom. The van der Waals surface area contributed by atoms with E-state index in [0.717, 1.165) is 47.5 Å². The lowest BCUT2D eigenvalue weighted by Crippen LogP contribution is -2.16. The number of rotatable bonds is 10. The molecule has 0 bridgehead atoms. The molecule has 0 saturated carbocycles. The van der Waals surface area contributed by atoms with Crippen LogP contribution in [-0.4, -0.2) is 53.8 Å². The van der Waals surface area contributed by atoms with E-state index in [2.05, 4.69) is 36.2 Å². The first-order chi connectivity index (χ1) is 11.5. The standard InChI is InChI=1S/C17H28N4OS2/c1-13-9-15(3)20(18-13)5-7-23-11-17(22)12-24-8-6-21-16(4)10-14(2)19-21/h9-10,17,22H,5-8,11-12H2,1-4H3. The van der Waals surface area contributed by atoms with Crippen molar-refractivity contribution in [2.75, 3.05) is 23.0 Å². The summed E-state index contributed by atoms with van der Waals surface area (Å²) in [6.07, 6.45) is -0.249. The van der Waals surface area contributed by atoms with Gasteiger partial charge in [-0.3, -0.25) is 9.36 Å². The Bertz CT molecular complexity index is 584. The van der Waals surface area contributed by atoms with Crippen LogP contribution in [0.2, 0.25) is 0 Å². The van der Waals surface area contributed by atoms with Crippen LogP contribution >= 0.6 is 23.5 Å². The lowest BCUT2D eigenvalue weighted by Gasteiger charge is -2.11. The van der Waals surface area contributed by atoms with Gasteiger partial charge in [-0.05, 0) is 39.8 Å². The lowest BCUT2D eigenvalue weighted by atomic mass is 10.4. The molecule has 0 aliphatic rings. The van der Waals surface area contributed by atoms with E-state index in [-0.39, 0.29) is 6.10 Å². The van der Waals surface area contributed by atoms with Gasteiger partial charge in [0, 0.05) is 34.4 Å². The van der Waals surface area contributed by atoms with Crippen LogP contribution in [0.5, 0.6) is 0 Å². The summed E-state index contributed by atoms with van der Waals surface area (Å²) in [7, 11) is 0. The fourth-order valence-corrected chi connectivity index (χ4v) is 4.46. The number of aromatic nitrogens is 4. The zero-order valence-electron chi connectivity index (χ0n) is 15.0. The van der Waals surface area contributed by atoms with Crippen LogP contribution in [0.25, 0.3) is 0 Å². The van der Waals surface area contributed by atoms with Crippen molar-refractivity contribution < 1.29 is 5.11 Å². The highest BCUT2D eigenvalue weighted by Gasteiger charge is 2.06. The van der Waals surface area contributed by atoms with E-state index in [1.165, 1.54) is 11.4 Å². The van der Waals surface area contributed by atoms with Gasteiger partial charge in [0.1, 0.15) is 0 Å². The van der Waals surface area contributed by atoms with Crippen LogP contribution in [0.15, 0.2) is 12.1 Å². The number of hydrogen-bond donors (Lipinski definition) is 1. The van der Waals surface area contributed by atoms with Crippen LogP contribution in [0.3, 0.4) is 0 Å². The fourth-order valence-electron chi connectivity index (χ4n) is 2.59. The largest absolute Gasteiger partial charge is 0.391 e. The molecule has 5 nitrogen and oxygen atoms in total. The quantitative estimate of drug-likeness (QED) is 0.654. The van der Waals surface area contributed by atoms with E-state index >= 15 is 0 Å². The Hall–Kier alpha value is -0.920. The van der Waals surface area contributed by atoms with Crippen molar-refractivity contribution in [2.24, 2.45) is 0 Å². The molecule has 0 fully saturated rings. The van der Waals surface area contributed by atoms with Crippen LogP contribution in [0, 0.1) is 27.7 Å². The van der Waals surface area contributed by atoms with Crippen molar-refractivity contribution in [2.45, 2.75) is 46.9 Å². The van der Waals surface area contributed by atoms with Gasteiger partial charge in [-0.2, -0.15) is 33.7 Å². The molecule has 0 aliphatic carbocycles. The number of nitrogens with zero attached hydrogens (tertiary/aromatic N) is 4. The molecule has 7 heteroatoms. The van der Waals surface area contributed by atoms with Crippen molar-refractivity contribution in [3.05, 3.63) is 34.9 Å². The van der Waals surface area contributed by atoms with Gasteiger partial charge in [0.25, 0.3) is 0 Å². The van der Waals surface area contributed by atoms with E-state index in [4.69, 9.17) is 0 Å². The van der Waals surface area contributed by atoms with Crippen molar-refractivity contribution in [1.82, 2.24) is 19.6 Å². The summed E-state index contributed by atoms with van der Waals surface area (Å²) in [5, 5.41) is 19.0. The zero-order valence-corrected chi connectivity index (χ0v) is 16.7. The minimum Gasteiger partial charge on any atom is -0.391 e. The van der Waals surface area contributed by atoms with Crippen LogP contribution in [0.1, 0.15) is 22.8 Å². The summed E-state index contributed by atoms with van der Waals surface area (Å²) >= 11 is 3.59. The molecular weight excluding hydrogens is 340 g/mol. The number of aliphatic hydroxyl groups is 1. The molecule has 0 aromatic carbocycles. The third-order valence-electron chi connectivity index (χ3n) is 3.72. The predicted molar refractivity (Wildman–Crippen MR) is 104 cm³/mol. The minimum atomic E-state index is -0.249. The molecule has 1 N–H and O–H groups in total. The molecule has 134 valence electrons. The van der Waals surface area contributed by atoms with Gasteiger partial charge in [-0.25, -0.2) is 0 Å². The maximum atomic E-state index is 10.1. The highest BCUT2D eigenvalue weighted by Crippen LogP contribution is 2.12. The highest BCUT2D eigenvalue weighted by molar-refractivity contribution is 8.00. The molecule has 2 heterocycles. The Morgan fingerprint density at radius 1 is 0.875 bits per heavy atom. The van der Waals surface area contributed by atoms with E-state index in [0.29, 0.717) is 0 Å². The number of aryl methyl sites for hydroxylation is 6. The molecule has 0 radical (unpaired) electrons. The fraction of sp³-hybridized carbons (Fsp3) is 0.647. The van der Waals surface area contributed by atoms with Crippen LogP contribution in [-0.2, 0) is 13.1 Å². The Balaban J connectivity index is 1.54. The molecule has 0 atom stereocenters. The summed E-state index contributed by atoms with van der Waals surface area (Å²) in [5.41, 5.74) is 4.54. The Kier molecular flexibility index (Phi) is 7.71. The molecule has 2 aromatic heterocycles. The van der Waals surface area contributed by atoms with Gasteiger partial charge in [0.15, 0.2) is 0 Å². The number of hydrogen-bond acceptors (Lipinski definition) is 5. The minimum absolute atomic E-state index is 0.249. The van der Waals surface area contributed by atoms with E-state index < -0.39 is 0 Å². The molecule has 0 spiro atoms. The maximum absolute atomic E-state index is 10.1. The normalized spacial score (nSPS) is 11.6. The molecule has 2 aromatic rings. The monoisotopic (exact) mass is 368 g/mol. The lowest BCUT2D eigenvalue weighted by molar-refractivity contribution is 0.225.